The highest BCUT2D eigenvalue weighted by Crippen LogP contribution is 2.25. The van der Waals surface area contributed by atoms with Gasteiger partial charge < -0.3 is 14.7 Å². The van der Waals surface area contributed by atoms with Crippen LogP contribution < -0.4 is 4.74 Å². The number of rotatable bonds is 4. The first-order chi connectivity index (χ1) is 12.7. The molecule has 4 rings (SSSR count). The van der Waals surface area contributed by atoms with Crippen molar-refractivity contribution < 1.29 is 14.6 Å². The Kier molecular flexibility index (Phi) is 4.91. The van der Waals surface area contributed by atoms with Crippen LogP contribution in [0, 0.1) is 0 Å². The van der Waals surface area contributed by atoms with E-state index >= 15 is 0 Å². The molecular formula is C21H24N2O3. The SMILES string of the molecule is O=C(c1cccc(Oc2ccccc2)c1)N1CCC(N2CC(O)C2)CC1. The molecule has 136 valence electrons. The number of benzene rings is 2. The van der Waals surface area contributed by atoms with Crippen molar-refractivity contribution >= 4 is 5.91 Å². The van der Waals surface area contributed by atoms with Gasteiger partial charge in [0.25, 0.3) is 5.91 Å². The maximum atomic E-state index is 12.8. The van der Waals surface area contributed by atoms with Crippen LogP contribution in [0.4, 0.5) is 0 Å². The van der Waals surface area contributed by atoms with Crippen LogP contribution >= 0.6 is 0 Å². The van der Waals surface area contributed by atoms with Crippen LogP contribution in [0.5, 0.6) is 11.5 Å². The number of hydrogen-bond acceptors (Lipinski definition) is 4. The van der Waals surface area contributed by atoms with Crippen molar-refractivity contribution in [2.45, 2.75) is 25.0 Å². The molecule has 0 radical (unpaired) electrons. The van der Waals surface area contributed by atoms with Gasteiger partial charge in [-0.1, -0.05) is 24.3 Å². The molecule has 2 saturated heterocycles. The highest BCUT2D eigenvalue weighted by molar-refractivity contribution is 5.94. The Labute approximate surface area is 153 Å². The predicted molar refractivity (Wildman–Crippen MR) is 99.5 cm³/mol. The second-order valence-electron chi connectivity index (χ2n) is 7.07. The van der Waals surface area contributed by atoms with Gasteiger partial charge in [-0.3, -0.25) is 9.69 Å². The van der Waals surface area contributed by atoms with E-state index in [4.69, 9.17) is 4.74 Å². The molecule has 0 spiro atoms. The minimum atomic E-state index is -0.165. The molecule has 0 atom stereocenters. The molecule has 2 aromatic carbocycles. The van der Waals surface area contributed by atoms with Crippen LogP contribution in [-0.2, 0) is 0 Å². The molecule has 1 N–H and O–H groups in total. The molecule has 0 bridgehead atoms. The Hall–Kier alpha value is -2.37. The molecule has 5 nitrogen and oxygen atoms in total. The number of amides is 1. The van der Waals surface area contributed by atoms with Crippen LogP contribution in [-0.4, -0.2) is 59.1 Å². The van der Waals surface area contributed by atoms with Crippen molar-refractivity contribution in [3.63, 3.8) is 0 Å². The lowest BCUT2D eigenvalue weighted by atomic mass is 9.98. The third-order valence-electron chi connectivity index (χ3n) is 5.22. The lowest BCUT2D eigenvalue weighted by Gasteiger charge is -2.45. The quantitative estimate of drug-likeness (QED) is 0.919. The van der Waals surface area contributed by atoms with Crippen LogP contribution in [0.3, 0.4) is 0 Å². The van der Waals surface area contributed by atoms with Crippen molar-refractivity contribution in [1.29, 1.82) is 0 Å². The van der Waals surface area contributed by atoms with Crippen molar-refractivity contribution in [3.8, 4) is 11.5 Å². The van der Waals surface area contributed by atoms with E-state index in [-0.39, 0.29) is 12.0 Å². The summed E-state index contributed by atoms with van der Waals surface area (Å²) in [5.41, 5.74) is 0.663. The second kappa shape index (κ2) is 7.48. The lowest BCUT2D eigenvalue weighted by molar-refractivity contribution is -0.0381. The number of β-amino-alcohol motifs (C(OH)–C–C–N with tert-alkyl or cyclic N) is 1. The summed E-state index contributed by atoms with van der Waals surface area (Å²) in [5, 5.41) is 9.45. The summed E-state index contributed by atoms with van der Waals surface area (Å²) < 4.78 is 5.84. The third kappa shape index (κ3) is 3.74. The van der Waals surface area contributed by atoms with E-state index in [0.717, 1.165) is 44.8 Å². The molecule has 1 amide bonds. The largest absolute Gasteiger partial charge is 0.457 e. The molecule has 2 heterocycles. The van der Waals surface area contributed by atoms with Crippen LogP contribution in [0.25, 0.3) is 0 Å². The Bertz CT molecular complexity index is 751. The zero-order valence-electron chi connectivity index (χ0n) is 14.8. The number of nitrogens with zero attached hydrogens (tertiary/aromatic N) is 2. The highest BCUT2D eigenvalue weighted by Gasteiger charge is 2.33. The number of carbonyl (C=O) groups is 1. The monoisotopic (exact) mass is 352 g/mol. The molecule has 2 fully saturated rings. The average molecular weight is 352 g/mol. The summed E-state index contributed by atoms with van der Waals surface area (Å²) in [4.78, 5) is 17.1. The van der Waals surface area contributed by atoms with E-state index in [0.29, 0.717) is 17.4 Å². The molecule has 2 aliphatic rings. The molecule has 0 aliphatic carbocycles. The average Bonchev–Trinajstić information content (AvgIpc) is 2.66. The van der Waals surface area contributed by atoms with Gasteiger partial charge in [-0.2, -0.15) is 0 Å². The van der Waals surface area contributed by atoms with Gasteiger partial charge in [-0.15, -0.1) is 0 Å². The number of aliphatic hydroxyl groups excluding tert-OH is 1. The van der Waals surface area contributed by atoms with Crippen molar-refractivity contribution in [3.05, 3.63) is 60.2 Å². The second-order valence-corrected chi connectivity index (χ2v) is 7.07. The summed E-state index contributed by atoms with van der Waals surface area (Å²) in [7, 11) is 0. The number of para-hydroxylation sites is 1. The minimum absolute atomic E-state index is 0.0607. The fourth-order valence-electron chi connectivity index (χ4n) is 3.72. The van der Waals surface area contributed by atoms with Gasteiger partial charge in [0.05, 0.1) is 6.10 Å². The van der Waals surface area contributed by atoms with Gasteiger partial charge in [-0.25, -0.2) is 0 Å². The molecule has 5 heteroatoms. The normalized spacial score (nSPS) is 19.2. The number of carbonyl (C=O) groups excluding carboxylic acids is 1. The third-order valence-corrected chi connectivity index (χ3v) is 5.22. The zero-order chi connectivity index (χ0) is 17.9. The van der Waals surface area contributed by atoms with Crippen molar-refractivity contribution in [2.24, 2.45) is 0 Å². The summed E-state index contributed by atoms with van der Waals surface area (Å²) >= 11 is 0. The first-order valence-corrected chi connectivity index (χ1v) is 9.23. The predicted octanol–water partition coefficient (Wildman–Crippen LogP) is 2.76. The van der Waals surface area contributed by atoms with Gasteiger partial charge in [0.1, 0.15) is 11.5 Å². The van der Waals surface area contributed by atoms with Gasteiger partial charge in [0, 0.05) is 37.8 Å². The van der Waals surface area contributed by atoms with E-state index in [1.54, 1.807) is 0 Å². The van der Waals surface area contributed by atoms with Gasteiger partial charge in [0.2, 0.25) is 0 Å². The van der Waals surface area contributed by atoms with E-state index in [1.807, 2.05) is 59.5 Å². The first-order valence-electron chi connectivity index (χ1n) is 9.23. The summed E-state index contributed by atoms with van der Waals surface area (Å²) in [5.74, 6) is 1.49. The maximum Gasteiger partial charge on any atom is 0.253 e. The first kappa shape index (κ1) is 17.1. The van der Waals surface area contributed by atoms with Crippen LogP contribution in [0.1, 0.15) is 23.2 Å². The minimum Gasteiger partial charge on any atom is -0.457 e. The van der Waals surface area contributed by atoms with Gasteiger partial charge in [0.15, 0.2) is 0 Å². The standard InChI is InChI=1S/C21H24N2O3/c24-18-14-23(15-18)17-9-11-22(12-10-17)21(25)16-5-4-8-20(13-16)26-19-6-2-1-3-7-19/h1-8,13,17-18,24H,9-12,14-15H2. The van der Waals surface area contributed by atoms with Gasteiger partial charge in [-0.05, 0) is 43.2 Å². The summed E-state index contributed by atoms with van der Waals surface area (Å²) in [6, 6.07) is 17.5. The highest BCUT2D eigenvalue weighted by atomic mass is 16.5. The smallest absolute Gasteiger partial charge is 0.253 e. The fraction of sp³-hybridized carbons (Fsp3) is 0.381. The lowest BCUT2D eigenvalue weighted by Crippen LogP contribution is -2.58. The van der Waals surface area contributed by atoms with E-state index in [2.05, 4.69) is 4.90 Å². The van der Waals surface area contributed by atoms with Crippen molar-refractivity contribution in [2.75, 3.05) is 26.2 Å². The molecule has 2 aromatic rings. The summed E-state index contributed by atoms with van der Waals surface area (Å²) in [6.45, 7) is 3.08. The molecule has 0 aromatic heterocycles. The van der Waals surface area contributed by atoms with E-state index in [1.165, 1.54) is 0 Å². The maximum absolute atomic E-state index is 12.8. The molecule has 2 aliphatic heterocycles. The molecule has 0 unspecified atom stereocenters. The van der Waals surface area contributed by atoms with Crippen LogP contribution in [0.15, 0.2) is 54.6 Å². The Morgan fingerprint density at radius 2 is 1.65 bits per heavy atom. The Morgan fingerprint density at radius 3 is 2.35 bits per heavy atom. The van der Waals surface area contributed by atoms with E-state index in [9.17, 15) is 9.90 Å². The molecule has 0 saturated carbocycles. The fourth-order valence-corrected chi connectivity index (χ4v) is 3.72. The number of hydrogen-bond donors (Lipinski definition) is 1. The zero-order valence-corrected chi connectivity index (χ0v) is 14.8. The van der Waals surface area contributed by atoms with Gasteiger partial charge >= 0.3 is 0 Å². The number of aliphatic hydroxyl groups is 1. The van der Waals surface area contributed by atoms with E-state index < -0.39 is 0 Å². The Morgan fingerprint density at radius 1 is 0.962 bits per heavy atom. The topological polar surface area (TPSA) is 53.0 Å². The summed E-state index contributed by atoms with van der Waals surface area (Å²) in [6.07, 6.45) is 1.78. The number of piperidine rings is 1. The van der Waals surface area contributed by atoms with Crippen molar-refractivity contribution in [1.82, 2.24) is 9.80 Å². The molecular weight excluding hydrogens is 328 g/mol. The Balaban J connectivity index is 1.37. The number of likely N-dealkylation sites (tertiary alicyclic amines) is 2. The number of ether oxygens (including phenoxy) is 1. The molecule has 26 heavy (non-hydrogen) atoms. The van der Waals surface area contributed by atoms with Crippen LogP contribution in [0.2, 0.25) is 0 Å².